The fourth-order valence-electron chi connectivity index (χ4n) is 2.48. The van der Waals surface area contributed by atoms with Crippen LogP contribution in [-0.4, -0.2) is 21.0 Å². The second-order valence-corrected chi connectivity index (χ2v) is 7.23. The highest BCUT2D eigenvalue weighted by atomic mass is 32.2. The number of nitrogens with two attached hydrogens (primary N) is 2. The van der Waals surface area contributed by atoms with Gasteiger partial charge in [0.2, 0.25) is 10.0 Å². The van der Waals surface area contributed by atoms with Gasteiger partial charge in [0, 0.05) is 24.0 Å². The molecule has 0 aliphatic rings. The van der Waals surface area contributed by atoms with Gasteiger partial charge in [0.1, 0.15) is 0 Å². The van der Waals surface area contributed by atoms with Crippen LogP contribution in [0.1, 0.15) is 45.6 Å². The Hall–Kier alpha value is -1.27. The summed E-state index contributed by atoms with van der Waals surface area (Å²) in [5.74, 6) is 0. The number of primary sulfonamides is 1. The summed E-state index contributed by atoms with van der Waals surface area (Å²) in [6, 6.07) is 3.52. The molecule has 0 amide bonds. The zero-order chi connectivity index (χ0) is 16.2. The normalized spacial score (nSPS) is 11.9. The van der Waals surface area contributed by atoms with Gasteiger partial charge in [-0.25, -0.2) is 13.6 Å². The van der Waals surface area contributed by atoms with Crippen molar-refractivity contribution in [2.24, 2.45) is 5.14 Å². The first-order valence-corrected chi connectivity index (χ1v) is 8.92. The van der Waals surface area contributed by atoms with E-state index in [1.165, 1.54) is 6.07 Å². The van der Waals surface area contributed by atoms with E-state index >= 15 is 0 Å². The second kappa shape index (κ2) is 7.13. The first-order chi connectivity index (χ1) is 9.68. The Bertz CT molecular complexity index is 583. The zero-order valence-corrected chi connectivity index (χ0v) is 14.2. The second-order valence-electron chi connectivity index (χ2n) is 5.70. The van der Waals surface area contributed by atoms with Crippen LogP contribution >= 0.6 is 0 Å². The molecule has 0 saturated heterocycles. The van der Waals surface area contributed by atoms with E-state index in [2.05, 4.69) is 25.7 Å². The number of nitrogen functional groups attached to an aromatic ring is 1. The van der Waals surface area contributed by atoms with E-state index in [-0.39, 0.29) is 10.9 Å². The van der Waals surface area contributed by atoms with E-state index in [4.69, 9.17) is 10.9 Å². The molecular formula is C15H27N3O2S. The van der Waals surface area contributed by atoms with Crippen LogP contribution in [-0.2, 0) is 10.0 Å². The molecule has 0 aromatic heterocycles. The van der Waals surface area contributed by atoms with Crippen LogP contribution in [0.2, 0.25) is 0 Å². The van der Waals surface area contributed by atoms with Crippen LogP contribution in [0.4, 0.5) is 11.4 Å². The molecule has 0 aliphatic carbocycles. The van der Waals surface area contributed by atoms with Gasteiger partial charge in [-0.3, -0.25) is 0 Å². The van der Waals surface area contributed by atoms with Crippen molar-refractivity contribution in [3.63, 3.8) is 0 Å². The Morgan fingerprint density at radius 2 is 1.86 bits per heavy atom. The Morgan fingerprint density at radius 3 is 2.33 bits per heavy atom. The summed E-state index contributed by atoms with van der Waals surface area (Å²) < 4.78 is 23.4. The van der Waals surface area contributed by atoms with Gasteiger partial charge >= 0.3 is 0 Å². The molecule has 0 unspecified atom stereocenters. The molecule has 120 valence electrons. The molecule has 6 heteroatoms. The lowest BCUT2D eigenvalue weighted by molar-refractivity contribution is 0.596. The number of nitrogens with zero attached hydrogens (tertiary/aromatic N) is 1. The summed E-state index contributed by atoms with van der Waals surface area (Å²) in [4.78, 5) is 2.30. The van der Waals surface area contributed by atoms with Crippen LogP contribution in [0.5, 0.6) is 0 Å². The van der Waals surface area contributed by atoms with Crippen molar-refractivity contribution in [3.8, 4) is 0 Å². The molecule has 0 spiro atoms. The highest BCUT2D eigenvalue weighted by Crippen LogP contribution is 2.30. The summed E-state index contributed by atoms with van der Waals surface area (Å²) in [7, 11) is -3.77. The summed E-state index contributed by atoms with van der Waals surface area (Å²) in [6.07, 6.45) is 3.35. The largest absolute Gasteiger partial charge is 0.399 e. The van der Waals surface area contributed by atoms with Crippen molar-refractivity contribution in [1.82, 2.24) is 0 Å². The minimum Gasteiger partial charge on any atom is -0.399 e. The summed E-state index contributed by atoms with van der Waals surface area (Å²) in [5.41, 5.74) is 7.80. The van der Waals surface area contributed by atoms with Crippen LogP contribution in [0.15, 0.2) is 17.0 Å². The number of hydrogen-bond donors (Lipinski definition) is 2. The van der Waals surface area contributed by atoms with Gasteiger partial charge in [0.15, 0.2) is 0 Å². The Kier molecular flexibility index (Phi) is 6.04. The standard InChI is InChI=1S/C15H27N3O2S/c1-5-6-7-8-18(11(2)3)14-9-13(16)10-15(12(14)4)21(17,19)20/h9-11H,5-8,16H2,1-4H3,(H2,17,19,20). The number of hydrogen-bond acceptors (Lipinski definition) is 4. The van der Waals surface area contributed by atoms with Gasteiger partial charge in [-0.2, -0.15) is 0 Å². The molecule has 0 saturated carbocycles. The van der Waals surface area contributed by atoms with Gasteiger partial charge in [-0.05, 0) is 44.9 Å². The minimum absolute atomic E-state index is 0.110. The molecule has 0 radical (unpaired) electrons. The third kappa shape index (κ3) is 4.61. The molecule has 1 aromatic rings. The van der Waals surface area contributed by atoms with Crippen LogP contribution < -0.4 is 15.8 Å². The maximum Gasteiger partial charge on any atom is 0.238 e. The van der Waals surface area contributed by atoms with Gasteiger partial charge in [-0.1, -0.05) is 19.8 Å². The Labute approximate surface area is 128 Å². The lowest BCUT2D eigenvalue weighted by atomic mass is 10.1. The lowest BCUT2D eigenvalue weighted by Crippen LogP contribution is -2.33. The van der Waals surface area contributed by atoms with Gasteiger partial charge in [0.05, 0.1) is 4.90 Å². The quantitative estimate of drug-likeness (QED) is 0.598. The van der Waals surface area contributed by atoms with Crippen molar-refractivity contribution >= 4 is 21.4 Å². The average molecular weight is 313 g/mol. The maximum atomic E-state index is 11.7. The Balaban J connectivity index is 3.28. The van der Waals surface area contributed by atoms with Crippen LogP contribution in [0.25, 0.3) is 0 Å². The van der Waals surface area contributed by atoms with Crippen molar-refractivity contribution in [2.75, 3.05) is 17.2 Å². The highest BCUT2D eigenvalue weighted by Gasteiger charge is 2.20. The van der Waals surface area contributed by atoms with Crippen LogP contribution in [0.3, 0.4) is 0 Å². The van der Waals surface area contributed by atoms with E-state index in [1.807, 2.05) is 6.07 Å². The number of sulfonamides is 1. The fraction of sp³-hybridized carbons (Fsp3) is 0.600. The maximum absolute atomic E-state index is 11.7. The third-order valence-electron chi connectivity index (χ3n) is 3.60. The average Bonchev–Trinajstić information content (AvgIpc) is 2.36. The van der Waals surface area contributed by atoms with Crippen molar-refractivity contribution < 1.29 is 8.42 Å². The predicted molar refractivity (Wildman–Crippen MR) is 89.0 cm³/mol. The van der Waals surface area contributed by atoms with E-state index < -0.39 is 10.0 Å². The molecule has 1 aromatic carbocycles. The first-order valence-electron chi connectivity index (χ1n) is 7.38. The molecular weight excluding hydrogens is 286 g/mol. The van der Waals surface area contributed by atoms with Gasteiger partial charge in [0.25, 0.3) is 0 Å². The van der Waals surface area contributed by atoms with E-state index in [0.29, 0.717) is 11.3 Å². The molecule has 0 atom stereocenters. The SMILES string of the molecule is CCCCCN(c1cc(N)cc(S(N)(=O)=O)c1C)C(C)C. The Morgan fingerprint density at radius 1 is 1.24 bits per heavy atom. The van der Waals surface area contributed by atoms with Crippen molar-refractivity contribution in [3.05, 3.63) is 17.7 Å². The van der Waals surface area contributed by atoms with Crippen molar-refractivity contribution in [2.45, 2.75) is 57.9 Å². The zero-order valence-electron chi connectivity index (χ0n) is 13.4. The molecule has 0 bridgehead atoms. The summed E-state index contributed by atoms with van der Waals surface area (Å²) in [5, 5.41) is 5.29. The van der Waals surface area contributed by atoms with E-state index in [9.17, 15) is 8.42 Å². The lowest BCUT2D eigenvalue weighted by Gasteiger charge is -2.31. The molecule has 4 N–H and O–H groups in total. The first kappa shape index (κ1) is 17.8. The number of anilines is 2. The highest BCUT2D eigenvalue weighted by molar-refractivity contribution is 7.89. The summed E-state index contributed by atoms with van der Waals surface area (Å²) in [6.45, 7) is 8.99. The topological polar surface area (TPSA) is 89.4 Å². The molecule has 1 rings (SSSR count). The smallest absolute Gasteiger partial charge is 0.238 e. The number of rotatable bonds is 7. The molecule has 5 nitrogen and oxygen atoms in total. The predicted octanol–water partition coefficient (Wildman–Crippen LogP) is 2.63. The monoisotopic (exact) mass is 313 g/mol. The number of unbranched alkanes of at least 4 members (excludes halogenated alkanes) is 2. The third-order valence-corrected chi connectivity index (χ3v) is 4.63. The molecule has 0 heterocycles. The van der Waals surface area contributed by atoms with Gasteiger partial charge in [-0.15, -0.1) is 0 Å². The van der Waals surface area contributed by atoms with Gasteiger partial charge < -0.3 is 10.6 Å². The minimum atomic E-state index is -3.77. The molecule has 21 heavy (non-hydrogen) atoms. The number of benzene rings is 1. The van der Waals surface area contributed by atoms with Crippen LogP contribution in [0, 0.1) is 6.92 Å². The summed E-state index contributed by atoms with van der Waals surface area (Å²) >= 11 is 0. The van der Waals surface area contributed by atoms with Crippen molar-refractivity contribution in [1.29, 1.82) is 0 Å². The molecule has 0 fully saturated rings. The fourth-order valence-corrected chi connectivity index (χ4v) is 3.31. The molecule has 0 aliphatic heterocycles. The van der Waals surface area contributed by atoms with E-state index in [1.54, 1.807) is 6.92 Å². The van der Waals surface area contributed by atoms with E-state index in [0.717, 1.165) is 31.5 Å².